The van der Waals surface area contributed by atoms with Crippen LogP contribution in [0.2, 0.25) is 10.0 Å². The highest BCUT2D eigenvalue weighted by Crippen LogP contribution is 2.40. The van der Waals surface area contributed by atoms with E-state index >= 15 is 0 Å². The van der Waals surface area contributed by atoms with Crippen LogP contribution in [-0.2, 0) is 22.9 Å². The van der Waals surface area contributed by atoms with Gasteiger partial charge in [-0.15, -0.1) is 11.3 Å². The maximum Gasteiger partial charge on any atom is 0.436 e. The number of alkyl halides is 3. The molecule has 2 aliphatic rings. The topological polar surface area (TPSA) is 81.8 Å². The molecule has 1 saturated heterocycles. The summed E-state index contributed by atoms with van der Waals surface area (Å²) < 4.78 is 45.2. The van der Waals surface area contributed by atoms with Gasteiger partial charge in [-0.3, -0.25) is 4.79 Å². The predicted octanol–water partition coefficient (Wildman–Crippen LogP) is 6.62. The second-order valence-electron chi connectivity index (χ2n) is 9.08. The Labute approximate surface area is 243 Å². The number of aryl methyl sites for hydroxylation is 1. The molecule has 1 aromatic carbocycles. The van der Waals surface area contributed by atoms with E-state index in [1.807, 2.05) is 5.38 Å². The number of hydrogen-bond acceptors (Lipinski definition) is 7. The summed E-state index contributed by atoms with van der Waals surface area (Å²) in [6.45, 7) is 0.580. The van der Waals surface area contributed by atoms with Crippen LogP contribution in [-0.4, -0.2) is 51.0 Å². The number of halogens is 6. The highest BCUT2D eigenvalue weighted by Gasteiger charge is 2.39. The van der Waals surface area contributed by atoms with Crippen LogP contribution in [0.5, 0.6) is 5.88 Å². The summed E-state index contributed by atoms with van der Waals surface area (Å²) in [4.78, 5) is 24.7. The van der Waals surface area contributed by atoms with Gasteiger partial charge in [-0.1, -0.05) is 34.4 Å². The lowest BCUT2D eigenvalue weighted by Gasteiger charge is -2.31. The number of thiazole rings is 1. The zero-order chi connectivity index (χ0) is 27.9. The van der Waals surface area contributed by atoms with Gasteiger partial charge in [0, 0.05) is 53.5 Å². The van der Waals surface area contributed by atoms with Gasteiger partial charge in [0.1, 0.15) is 10.2 Å². The van der Waals surface area contributed by atoms with Crippen LogP contribution in [0.25, 0.3) is 0 Å². The fourth-order valence-corrected chi connectivity index (χ4v) is 6.84. The molecule has 0 spiro atoms. The van der Waals surface area contributed by atoms with Gasteiger partial charge in [0.25, 0.3) is 5.91 Å². The van der Waals surface area contributed by atoms with Gasteiger partial charge in [-0.05, 0) is 40.9 Å². The van der Waals surface area contributed by atoms with E-state index in [0.717, 1.165) is 21.1 Å². The molecule has 1 atom stereocenters. The summed E-state index contributed by atoms with van der Waals surface area (Å²) in [7, 11) is 1.32. The van der Waals surface area contributed by atoms with Crippen molar-refractivity contribution < 1.29 is 27.5 Å². The summed E-state index contributed by atoms with van der Waals surface area (Å²) in [5.74, 6) is -0.290. The number of amides is 1. The Morgan fingerprint density at radius 3 is 2.59 bits per heavy atom. The van der Waals surface area contributed by atoms with Crippen molar-refractivity contribution in [2.24, 2.45) is 12.2 Å². The van der Waals surface area contributed by atoms with Crippen LogP contribution < -0.4 is 4.74 Å². The lowest BCUT2D eigenvalue weighted by Crippen LogP contribution is -2.40. The number of rotatable bonds is 6. The Hall–Kier alpha value is -2.35. The summed E-state index contributed by atoms with van der Waals surface area (Å²) in [5.41, 5.74) is 1.06. The summed E-state index contributed by atoms with van der Waals surface area (Å²) in [5, 5.41) is 11.6. The molecule has 1 unspecified atom stereocenters. The van der Waals surface area contributed by atoms with Gasteiger partial charge in [-0.25, -0.2) is 9.67 Å². The van der Waals surface area contributed by atoms with Gasteiger partial charge in [0.2, 0.25) is 5.88 Å². The molecule has 0 N–H and O–H groups in total. The minimum Gasteiger partial charge on any atom is -0.467 e. The molecule has 208 valence electrons. The van der Waals surface area contributed by atoms with Crippen molar-refractivity contribution in [3.63, 3.8) is 0 Å². The van der Waals surface area contributed by atoms with Crippen molar-refractivity contribution >= 4 is 62.1 Å². The zero-order valence-corrected chi connectivity index (χ0v) is 24.3. The lowest BCUT2D eigenvalue weighted by atomic mass is 9.97. The van der Waals surface area contributed by atoms with Crippen LogP contribution >= 0.6 is 50.5 Å². The molecule has 4 heterocycles. The maximum atomic E-state index is 13.1. The van der Waals surface area contributed by atoms with Crippen LogP contribution in [0.15, 0.2) is 33.2 Å². The smallest absolute Gasteiger partial charge is 0.436 e. The standard InChI is InChI=1S/C24H21BrCl2F3N5O3S/c1-34-23(20(25)21(32-34)24(28,29)30)37-10-18(36)35-7-5-12(6-8-35)22-31-16(11-39-22)15-9-17(38-33-15)19-13(26)3-2-4-14(19)27/h2-4,11-12,17H,5-10H2,1H3. The third-order valence-electron chi connectivity index (χ3n) is 6.55. The van der Waals surface area contributed by atoms with E-state index in [4.69, 9.17) is 37.8 Å². The first-order chi connectivity index (χ1) is 18.5. The van der Waals surface area contributed by atoms with Gasteiger partial charge >= 0.3 is 6.18 Å². The fraction of sp³-hybridized carbons (Fsp3) is 0.417. The first-order valence-electron chi connectivity index (χ1n) is 11.9. The number of hydrogen-bond donors (Lipinski definition) is 0. The number of carbonyl (C=O) groups excluding carboxylic acids is 1. The summed E-state index contributed by atoms with van der Waals surface area (Å²) in [6.07, 6.45) is -3.12. The van der Waals surface area contributed by atoms with Crippen molar-refractivity contribution in [1.29, 1.82) is 0 Å². The van der Waals surface area contributed by atoms with Gasteiger partial charge in [0.15, 0.2) is 18.4 Å². The molecule has 3 aromatic rings. The molecule has 5 rings (SSSR count). The van der Waals surface area contributed by atoms with Gasteiger partial charge < -0.3 is 14.5 Å². The Morgan fingerprint density at radius 2 is 1.95 bits per heavy atom. The average Bonchev–Trinajstić information content (AvgIpc) is 3.62. The van der Waals surface area contributed by atoms with E-state index < -0.39 is 18.5 Å². The van der Waals surface area contributed by atoms with E-state index in [2.05, 4.69) is 26.2 Å². The van der Waals surface area contributed by atoms with Crippen molar-refractivity contribution in [2.45, 2.75) is 37.5 Å². The van der Waals surface area contributed by atoms with Gasteiger partial charge in [0.05, 0.1) is 10.7 Å². The van der Waals surface area contributed by atoms with Crippen LogP contribution in [0.1, 0.15) is 53.2 Å². The Kier molecular flexibility index (Phi) is 8.14. The largest absolute Gasteiger partial charge is 0.467 e. The van der Waals surface area contributed by atoms with Crippen molar-refractivity contribution in [3.05, 3.63) is 60.1 Å². The number of carbonyl (C=O) groups is 1. The summed E-state index contributed by atoms with van der Waals surface area (Å²) >= 11 is 17.0. The van der Waals surface area contributed by atoms with E-state index in [0.29, 0.717) is 48.0 Å². The predicted molar refractivity (Wildman–Crippen MR) is 144 cm³/mol. The molecule has 0 saturated carbocycles. The Morgan fingerprint density at radius 1 is 1.26 bits per heavy atom. The Bertz CT molecular complexity index is 1400. The Balaban J connectivity index is 1.14. The molecule has 0 aliphatic carbocycles. The maximum absolute atomic E-state index is 13.1. The van der Waals surface area contributed by atoms with Crippen LogP contribution in [0, 0.1) is 0 Å². The lowest BCUT2D eigenvalue weighted by molar-refractivity contribution is -0.142. The third-order valence-corrected chi connectivity index (χ3v) is 8.93. The van der Waals surface area contributed by atoms with Crippen molar-refractivity contribution in [1.82, 2.24) is 19.7 Å². The highest BCUT2D eigenvalue weighted by atomic mass is 79.9. The number of nitrogens with zero attached hydrogens (tertiary/aromatic N) is 5. The molecule has 39 heavy (non-hydrogen) atoms. The quantitative estimate of drug-likeness (QED) is 0.296. The normalized spacial score (nSPS) is 18.3. The molecule has 2 aliphatic heterocycles. The molecule has 0 bridgehead atoms. The number of aromatic nitrogens is 3. The minimum absolute atomic E-state index is 0.154. The number of piperidine rings is 1. The van der Waals surface area contributed by atoms with Crippen LogP contribution in [0.3, 0.4) is 0 Å². The van der Waals surface area contributed by atoms with Gasteiger partial charge in [-0.2, -0.15) is 18.3 Å². The molecule has 1 amide bonds. The highest BCUT2D eigenvalue weighted by molar-refractivity contribution is 9.10. The molecule has 8 nitrogen and oxygen atoms in total. The first kappa shape index (κ1) is 28.2. The monoisotopic (exact) mass is 665 g/mol. The number of likely N-dealkylation sites (tertiary alicyclic amines) is 1. The number of oxime groups is 1. The molecular weight excluding hydrogens is 646 g/mol. The van der Waals surface area contributed by atoms with E-state index in [1.54, 1.807) is 23.1 Å². The summed E-state index contributed by atoms with van der Waals surface area (Å²) in [6, 6.07) is 5.29. The second-order valence-corrected chi connectivity index (χ2v) is 11.6. The SMILES string of the molecule is Cn1nc(C(F)(F)F)c(Br)c1OCC(=O)N1CCC(c2nc(C3=NOC(c4c(Cl)cccc4Cl)C3)cs2)CC1. The molecule has 2 aromatic heterocycles. The zero-order valence-electron chi connectivity index (χ0n) is 20.3. The molecule has 1 fully saturated rings. The fourth-order valence-electron chi connectivity index (χ4n) is 4.53. The second kappa shape index (κ2) is 11.3. The van der Waals surface area contributed by atoms with Crippen LogP contribution in [0.4, 0.5) is 13.2 Å². The van der Waals surface area contributed by atoms with E-state index in [9.17, 15) is 18.0 Å². The number of benzene rings is 1. The molecule has 15 heteroatoms. The molecule has 0 radical (unpaired) electrons. The molecular formula is C24H21BrCl2F3N5O3S. The van der Waals surface area contributed by atoms with E-state index in [1.165, 1.54) is 18.4 Å². The van der Waals surface area contributed by atoms with Crippen molar-refractivity contribution in [3.8, 4) is 5.88 Å². The average molecular weight is 667 g/mol. The van der Waals surface area contributed by atoms with Crippen molar-refractivity contribution in [2.75, 3.05) is 19.7 Å². The minimum atomic E-state index is -4.64. The third kappa shape index (κ3) is 5.91. The van der Waals surface area contributed by atoms with E-state index in [-0.39, 0.29) is 28.3 Å². The number of ether oxygens (including phenoxy) is 1. The first-order valence-corrected chi connectivity index (χ1v) is 14.3.